The van der Waals surface area contributed by atoms with Gasteiger partial charge in [-0.1, -0.05) is 60.1 Å². The molecule has 35 heavy (non-hydrogen) atoms. The molecule has 0 aliphatic carbocycles. The fraction of sp³-hybridized carbons (Fsp3) is 0.172. The summed E-state index contributed by atoms with van der Waals surface area (Å²) in [7, 11) is 0. The first-order valence-electron chi connectivity index (χ1n) is 11.6. The molecule has 1 aliphatic heterocycles. The van der Waals surface area contributed by atoms with Crippen LogP contribution in [0, 0.1) is 6.92 Å². The van der Waals surface area contributed by atoms with Gasteiger partial charge < -0.3 is 4.57 Å². The number of fused-ring (bicyclic) bond motifs is 1. The van der Waals surface area contributed by atoms with Crippen LogP contribution in [0.15, 0.2) is 88.8 Å². The lowest BCUT2D eigenvalue weighted by Gasteiger charge is -2.19. The summed E-state index contributed by atoms with van der Waals surface area (Å²) in [5.41, 5.74) is 5.33. The number of aliphatic imine (C=N–C) groups is 1. The zero-order chi connectivity index (χ0) is 24.5. The standard InChI is InChI=1S/C29H26ClN3OS/c1-19(2)33-28(34)27(35-29(33)31-23-9-5-4-6-10-23)17-25-20(3)32(26-12-8-7-11-24(25)26)18-21-13-15-22(30)16-14-21/h4-17,19H,18H2,1-3H3/b27-17+,31-29?. The van der Waals surface area contributed by atoms with Crippen LogP contribution in [-0.2, 0) is 11.3 Å². The molecule has 0 unspecified atom stereocenters. The van der Waals surface area contributed by atoms with Gasteiger partial charge in [-0.05, 0) is 74.5 Å². The maximum Gasteiger partial charge on any atom is 0.266 e. The van der Waals surface area contributed by atoms with Gasteiger partial charge in [-0.3, -0.25) is 9.69 Å². The topological polar surface area (TPSA) is 37.6 Å². The molecule has 1 aromatic heterocycles. The van der Waals surface area contributed by atoms with Crippen LogP contribution in [0.1, 0.15) is 30.7 Å². The van der Waals surface area contributed by atoms with Crippen molar-refractivity contribution in [2.45, 2.75) is 33.4 Å². The van der Waals surface area contributed by atoms with E-state index in [-0.39, 0.29) is 11.9 Å². The van der Waals surface area contributed by atoms with Crippen molar-refractivity contribution >= 4 is 57.1 Å². The van der Waals surface area contributed by atoms with Crippen molar-refractivity contribution in [1.82, 2.24) is 9.47 Å². The predicted octanol–water partition coefficient (Wildman–Crippen LogP) is 7.66. The van der Waals surface area contributed by atoms with E-state index < -0.39 is 0 Å². The number of carbonyl (C=O) groups is 1. The molecular formula is C29H26ClN3OS. The van der Waals surface area contributed by atoms with Crippen molar-refractivity contribution in [2.75, 3.05) is 0 Å². The molecule has 1 aliphatic rings. The third kappa shape index (κ3) is 4.66. The summed E-state index contributed by atoms with van der Waals surface area (Å²) in [5, 5.41) is 2.57. The van der Waals surface area contributed by atoms with Crippen LogP contribution in [-0.4, -0.2) is 26.6 Å². The minimum absolute atomic E-state index is 0.00591. The highest BCUT2D eigenvalue weighted by Crippen LogP contribution is 2.38. The Morgan fingerprint density at radius 1 is 0.971 bits per heavy atom. The number of para-hydroxylation sites is 2. The van der Waals surface area contributed by atoms with Gasteiger partial charge in [0.2, 0.25) is 0 Å². The van der Waals surface area contributed by atoms with Crippen LogP contribution in [0.2, 0.25) is 5.02 Å². The predicted molar refractivity (Wildman–Crippen MR) is 148 cm³/mol. The summed E-state index contributed by atoms with van der Waals surface area (Å²) in [6.45, 7) is 6.88. The summed E-state index contributed by atoms with van der Waals surface area (Å²) in [6.07, 6.45) is 2.03. The number of hydrogen-bond acceptors (Lipinski definition) is 3. The lowest BCUT2D eigenvalue weighted by Crippen LogP contribution is -2.35. The van der Waals surface area contributed by atoms with Crippen molar-refractivity contribution in [3.63, 3.8) is 0 Å². The number of benzene rings is 3. The number of amides is 1. The first-order chi connectivity index (χ1) is 16.9. The van der Waals surface area contributed by atoms with E-state index >= 15 is 0 Å². The van der Waals surface area contributed by atoms with Gasteiger partial charge in [0.1, 0.15) is 0 Å². The fourth-order valence-electron chi connectivity index (χ4n) is 4.38. The molecule has 0 spiro atoms. The number of aromatic nitrogens is 1. The van der Waals surface area contributed by atoms with Crippen molar-refractivity contribution in [3.8, 4) is 0 Å². The van der Waals surface area contributed by atoms with Crippen LogP contribution in [0.4, 0.5) is 5.69 Å². The molecule has 1 saturated heterocycles. The number of nitrogens with zero attached hydrogens (tertiary/aromatic N) is 3. The molecule has 3 aromatic carbocycles. The van der Waals surface area contributed by atoms with Gasteiger partial charge in [-0.25, -0.2) is 4.99 Å². The van der Waals surface area contributed by atoms with Gasteiger partial charge in [0.25, 0.3) is 5.91 Å². The highest BCUT2D eigenvalue weighted by atomic mass is 35.5. The van der Waals surface area contributed by atoms with Gasteiger partial charge in [0.15, 0.2) is 5.17 Å². The van der Waals surface area contributed by atoms with E-state index in [0.717, 1.165) is 39.4 Å². The first-order valence-corrected chi connectivity index (χ1v) is 12.8. The van der Waals surface area contributed by atoms with E-state index in [0.29, 0.717) is 10.1 Å². The molecule has 4 nitrogen and oxygen atoms in total. The largest absolute Gasteiger partial charge is 0.340 e. The molecule has 0 atom stereocenters. The van der Waals surface area contributed by atoms with Crippen LogP contribution < -0.4 is 0 Å². The van der Waals surface area contributed by atoms with Crippen molar-refractivity contribution in [2.24, 2.45) is 4.99 Å². The Hall–Kier alpha value is -3.28. The van der Waals surface area contributed by atoms with Crippen LogP contribution >= 0.6 is 23.4 Å². The number of halogens is 1. The average molecular weight is 500 g/mol. The van der Waals surface area contributed by atoms with E-state index in [4.69, 9.17) is 16.6 Å². The Balaban J connectivity index is 1.58. The maximum atomic E-state index is 13.5. The van der Waals surface area contributed by atoms with Gasteiger partial charge in [-0.15, -0.1) is 0 Å². The Morgan fingerprint density at radius 3 is 2.37 bits per heavy atom. The van der Waals surface area contributed by atoms with E-state index in [1.165, 1.54) is 17.3 Å². The van der Waals surface area contributed by atoms with Crippen LogP contribution in [0.25, 0.3) is 17.0 Å². The van der Waals surface area contributed by atoms with E-state index in [9.17, 15) is 4.79 Å². The average Bonchev–Trinajstić information content (AvgIpc) is 3.30. The molecule has 176 valence electrons. The number of carbonyl (C=O) groups excluding carboxylic acids is 1. The molecule has 6 heteroatoms. The molecule has 0 bridgehead atoms. The van der Waals surface area contributed by atoms with E-state index in [2.05, 4.69) is 41.8 Å². The number of rotatable bonds is 5. The Morgan fingerprint density at radius 2 is 1.66 bits per heavy atom. The minimum Gasteiger partial charge on any atom is -0.340 e. The highest BCUT2D eigenvalue weighted by Gasteiger charge is 2.35. The lowest BCUT2D eigenvalue weighted by molar-refractivity contribution is -0.123. The number of amidine groups is 1. The molecule has 5 rings (SSSR count). The van der Waals surface area contributed by atoms with Gasteiger partial charge in [0.05, 0.1) is 10.6 Å². The van der Waals surface area contributed by atoms with Crippen molar-refractivity contribution < 1.29 is 4.79 Å². The Kier molecular flexibility index (Phi) is 6.54. The fourth-order valence-corrected chi connectivity index (χ4v) is 5.61. The summed E-state index contributed by atoms with van der Waals surface area (Å²) in [5.74, 6) is -0.00591. The molecule has 2 heterocycles. The Labute approximate surface area is 214 Å². The summed E-state index contributed by atoms with van der Waals surface area (Å²) in [4.78, 5) is 20.7. The molecule has 0 radical (unpaired) electrons. The molecule has 1 fully saturated rings. The molecule has 0 saturated carbocycles. The van der Waals surface area contributed by atoms with Gasteiger partial charge >= 0.3 is 0 Å². The number of thioether (sulfide) groups is 1. The second-order valence-corrected chi connectivity index (χ2v) is 10.3. The zero-order valence-corrected chi connectivity index (χ0v) is 21.5. The number of hydrogen-bond donors (Lipinski definition) is 0. The third-order valence-corrected chi connectivity index (χ3v) is 7.38. The monoisotopic (exact) mass is 499 g/mol. The summed E-state index contributed by atoms with van der Waals surface area (Å²) < 4.78 is 2.30. The zero-order valence-electron chi connectivity index (χ0n) is 19.9. The molecule has 1 amide bonds. The lowest BCUT2D eigenvalue weighted by atomic mass is 10.1. The normalized spacial score (nSPS) is 16.4. The second kappa shape index (κ2) is 9.76. The maximum absolute atomic E-state index is 13.5. The minimum atomic E-state index is -0.00591. The van der Waals surface area contributed by atoms with Crippen molar-refractivity contribution in [1.29, 1.82) is 0 Å². The third-order valence-electron chi connectivity index (χ3n) is 6.14. The summed E-state index contributed by atoms with van der Waals surface area (Å²) in [6, 6.07) is 26.1. The van der Waals surface area contributed by atoms with Gasteiger partial charge in [0, 0.05) is 39.8 Å². The van der Waals surface area contributed by atoms with Crippen molar-refractivity contribution in [3.05, 3.63) is 106 Å². The second-order valence-electron chi connectivity index (χ2n) is 8.84. The molecular weight excluding hydrogens is 474 g/mol. The molecule has 4 aromatic rings. The van der Waals surface area contributed by atoms with Crippen LogP contribution in [0.5, 0.6) is 0 Å². The summed E-state index contributed by atoms with van der Waals surface area (Å²) >= 11 is 7.53. The first kappa shape index (κ1) is 23.5. The van der Waals surface area contributed by atoms with E-state index in [1.54, 1.807) is 4.90 Å². The SMILES string of the molecule is Cc1c(/C=C2/SC(=Nc3ccccc3)N(C(C)C)C2=O)c2ccccc2n1Cc1ccc(Cl)cc1. The van der Waals surface area contributed by atoms with E-state index in [1.807, 2.05) is 68.5 Å². The molecule has 0 N–H and O–H groups in total. The highest BCUT2D eigenvalue weighted by molar-refractivity contribution is 8.18. The smallest absolute Gasteiger partial charge is 0.266 e. The van der Waals surface area contributed by atoms with Gasteiger partial charge in [-0.2, -0.15) is 0 Å². The Bertz CT molecular complexity index is 1450. The van der Waals surface area contributed by atoms with Crippen LogP contribution in [0.3, 0.4) is 0 Å². The quantitative estimate of drug-likeness (QED) is 0.264.